The number of thiazole rings is 2. The van der Waals surface area contributed by atoms with Gasteiger partial charge in [-0.15, -0.1) is 22.7 Å². The quantitative estimate of drug-likeness (QED) is 0.858. The van der Waals surface area contributed by atoms with Gasteiger partial charge in [0.25, 0.3) is 0 Å². The zero-order chi connectivity index (χ0) is 13.8. The van der Waals surface area contributed by atoms with E-state index in [1.165, 1.54) is 16.2 Å². The lowest BCUT2D eigenvalue weighted by atomic mass is 10.3. The Bertz CT molecular complexity index is 565. The van der Waals surface area contributed by atoms with Crippen LogP contribution in [0.1, 0.15) is 40.3 Å². The van der Waals surface area contributed by atoms with E-state index in [-0.39, 0.29) is 6.04 Å². The Morgan fingerprint density at radius 3 is 2.95 bits per heavy atom. The molecule has 1 unspecified atom stereocenters. The molecule has 0 amide bonds. The van der Waals surface area contributed by atoms with E-state index in [1.807, 2.05) is 20.0 Å². The third-order valence-electron chi connectivity index (χ3n) is 2.39. The summed E-state index contributed by atoms with van der Waals surface area (Å²) in [5, 5.41) is 4.97. The van der Waals surface area contributed by atoms with Gasteiger partial charge < -0.3 is 10.1 Å². The van der Waals surface area contributed by atoms with E-state index in [4.69, 9.17) is 4.74 Å². The van der Waals surface area contributed by atoms with E-state index >= 15 is 0 Å². The van der Waals surface area contributed by atoms with Gasteiger partial charge in [0.1, 0.15) is 10.0 Å². The maximum absolute atomic E-state index is 11.7. The number of nitrogens with zero attached hydrogens (tertiary/aromatic N) is 2. The first-order chi connectivity index (χ1) is 9.11. The summed E-state index contributed by atoms with van der Waals surface area (Å²) in [6.07, 6.45) is 1.84. The predicted molar refractivity (Wildman–Crippen MR) is 77.0 cm³/mol. The van der Waals surface area contributed by atoms with E-state index in [9.17, 15) is 4.79 Å². The number of hydrogen-bond acceptors (Lipinski definition) is 7. The van der Waals surface area contributed by atoms with Gasteiger partial charge in [-0.2, -0.15) is 0 Å². The summed E-state index contributed by atoms with van der Waals surface area (Å²) in [4.78, 5) is 21.3. The van der Waals surface area contributed by atoms with Crippen LogP contribution in [-0.2, 0) is 4.74 Å². The van der Waals surface area contributed by atoms with Crippen LogP contribution in [0.15, 0.2) is 11.7 Å². The second kappa shape index (κ2) is 6.12. The molecule has 0 aromatic carbocycles. The molecule has 0 saturated carbocycles. The predicted octanol–water partition coefficient (Wildman–Crippen LogP) is 3.26. The van der Waals surface area contributed by atoms with Crippen LogP contribution in [0.3, 0.4) is 0 Å². The summed E-state index contributed by atoms with van der Waals surface area (Å²) in [7, 11) is 0. The van der Waals surface area contributed by atoms with Crippen molar-refractivity contribution in [3.05, 3.63) is 27.3 Å². The van der Waals surface area contributed by atoms with Crippen LogP contribution in [0.2, 0.25) is 0 Å². The molecule has 0 aliphatic rings. The Labute approximate surface area is 119 Å². The highest BCUT2D eigenvalue weighted by molar-refractivity contribution is 7.14. The zero-order valence-electron chi connectivity index (χ0n) is 11.0. The molecule has 19 heavy (non-hydrogen) atoms. The third kappa shape index (κ3) is 3.30. The number of aromatic nitrogens is 2. The number of rotatable bonds is 5. The molecule has 0 aliphatic heterocycles. The summed E-state index contributed by atoms with van der Waals surface area (Å²) in [5.41, 5.74) is 1.97. The number of ether oxygens (including phenoxy) is 1. The minimum Gasteiger partial charge on any atom is -0.461 e. The number of aryl methyl sites for hydroxylation is 1. The van der Waals surface area contributed by atoms with Gasteiger partial charge in [-0.05, 0) is 20.8 Å². The van der Waals surface area contributed by atoms with Gasteiger partial charge >= 0.3 is 5.97 Å². The van der Waals surface area contributed by atoms with Gasteiger partial charge in [0.2, 0.25) is 0 Å². The van der Waals surface area contributed by atoms with Crippen LogP contribution >= 0.6 is 22.7 Å². The minimum atomic E-state index is -0.395. The van der Waals surface area contributed by atoms with Gasteiger partial charge in [-0.1, -0.05) is 0 Å². The maximum Gasteiger partial charge on any atom is 0.360 e. The summed E-state index contributed by atoms with van der Waals surface area (Å²) in [5.74, 6) is -0.395. The topological polar surface area (TPSA) is 64.1 Å². The van der Waals surface area contributed by atoms with Gasteiger partial charge in [0.05, 0.1) is 18.2 Å². The highest BCUT2D eigenvalue weighted by atomic mass is 32.1. The van der Waals surface area contributed by atoms with Crippen molar-refractivity contribution in [3.8, 4) is 0 Å². The Balaban J connectivity index is 2.11. The van der Waals surface area contributed by atoms with Crippen molar-refractivity contribution >= 4 is 33.6 Å². The van der Waals surface area contributed by atoms with E-state index < -0.39 is 5.97 Å². The summed E-state index contributed by atoms with van der Waals surface area (Å²) >= 11 is 3.02. The van der Waals surface area contributed by atoms with Crippen molar-refractivity contribution in [2.45, 2.75) is 26.8 Å². The Hall–Kier alpha value is -1.47. The van der Waals surface area contributed by atoms with Crippen LogP contribution in [-0.4, -0.2) is 22.5 Å². The first kappa shape index (κ1) is 14.0. The molecule has 0 fully saturated rings. The molecule has 0 aliphatic carbocycles. The van der Waals surface area contributed by atoms with E-state index in [0.717, 1.165) is 10.0 Å². The minimum absolute atomic E-state index is 0.0346. The first-order valence-corrected chi connectivity index (χ1v) is 7.61. The Morgan fingerprint density at radius 2 is 2.32 bits per heavy atom. The average Bonchev–Trinajstić information content (AvgIpc) is 2.98. The fraction of sp³-hybridized carbons (Fsp3) is 0.417. The van der Waals surface area contributed by atoms with Crippen molar-refractivity contribution in [1.29, 1.82) is 0 Å². The molecule has 2 rings (SSSR count). The smallest absolute Gasteiger partial charge is 0.360 e. The summed E-state index contributed by atoms with van der Waals surface area (Å²) < 4.78 is 4.97. The molecule has 5 nitrogen and oxygen atoms in total. The molecule has 7 heteroatoms. The number of carbonyl (C=O) groups is 1. The molecule has 2 heterocycles. The first-order valence-electron chi connectivity index (χ1n) is 5.91. The van der Waals surface area contributed by atoms with Crippen molar-refractivity contribution in [2.24, 2.45) is 0 Å². The van der Waals surface area contributed by atoms with Crippen molar-refractivity contribution < 1.29 is 9.53 Å². The normalized spacial score (nSPS) is 12.2. The summed E-state index contributed by atoms with van der Waals surface area (Å²) in [6.45, 7) is 6.15. The van der Waals surface area contributed by atoms with E-state index in [0.29, 0.717) is 12.3 Å². The second-order valence-electron chi connectivity index (χ2n) is 3.93. The second-order valence-corrected chi connectivity index (χ2v) is 6.05. The van der Waals surface area contributed by atoms with E-state index in [1.54, 1.807) is 23.8 Å². The largest absolute Gasteiger partial charge is 0.461 e. The highest BCUT2D eigenvalue weighted by Gasteiger charge is 2.19. The maximum atomic E-state index is 11.7. The van der Waals surface area contributed by atoms with Crippen molar-refractivity contribution in [1.82, 2.24) is 9.97 Å². The molecule has 0 spiro atoms. The number of carbonyl (C=O) groups excluding carboxylic acids is 1. The van der Waals surface area contributed by atoms with Crippen LogP contribution in [0, 0.1) is 6.92 Å². The van der Waals surface area contributed by atoms with Crippen molar-refractivity contribution in [2.75, 3.05) is 11.9 Å². The van der Waals surface area contributed by atoms with Crippen LogP contribution in [0.4, 0.5) is 5.00 Å². The van der Waals surface area contributed by atoms with Gasteiger partial charge in [0, 0.05) is 11.1 Å². The van der Waals surface area contributed by atoms with Crippen LogP contribution in [0.25, 0.3) is 0 Å². The van der Waals surface area contributed by atoms with Gasteiger partial charge in [-0.3, -0.25) is 0 Å². The zero-order valence-corrected chi connectivity index (χ0v) is 12.6. The Kier molecular flexibility index (Phi) is 4.49. The number of hydrogen-bond donors (Lipinski definition) is 1. The lowest BCUT2D eigenvalue weighted by molar-refractivity contribution is 0.0521. The summed E-state index contributed by atoms with van der Waals surface area (Å²) in [6, 6.07) is 0.0346. The SMILES string of the molecule is CCOC(=O)c1ncsc1NC(C)c1ncc(C)s1. The highest BCUT2D eigenvalue weighted by Crippen LogP contribution is 2.28. The van der Waals surface area contributed by atoms with Gasteiger partial charge in [-0.25, -0.2) is 14.8 Å². The molecule has 0 radical (unpaired) electrons. The van der Waals surface area contributed by atoms with Crippen LogP contribution in [0.5, 0.6) is 0 Å². The van der Waals surface area contributed by atoms with E-state index in [2.05, 4.69) is 15.3 Å². The Morgan fingerprint density at radius 1 is 1.53 bits per heavy atom. The van der Waals surface area contributed by atoms with Crippen LogP contribution < -0.4 is 5.32 Å². The lowest BCUT2D eigenvalue weighted by Gasteiger charge is -2.11. The monoisotopic (exact) mass is 297 g/mol. The number of nitrogens with one attached hydrogen (secondary N) is 1. The van der Waals surface area contributed by atoms with Gasteiger partial charge in [0.15, 0.2) is 5.69 Å². The van der Waals surface area contributed by atoms with Crippen molar-refractivity contribution in [3.63, 3.8) is 0 Å². The molecule has 0 saturated heterocycles. The lowest BCUT2D eigenvalue weighted by Crippen LogP contribution is -2.11. The molecule has 102 valence electrons. The third-order valence-corrected chi connectivity index (χ3v) is 4.25. The average molecular weight is 297 g/mol. The molecule has 1 N–H and O–H groups in total. The molecular formula is C12H15N3O2S2. The standard InChI is InChI=1S/C12H15N3O2S2/c1-4-17-12(16)9-11(18-6-14-9)15-8(3)10-13-5-7(2)19-10/h5-6,8,15H,4H2,1-3H3. The molecule has 2 aromatic heterocycles. The number of esters is 1. The fourth-order valence-corrected chi connectivity index (χ4v) is 3.06. The fourth-order valence-electron chi connectivity index (χ4n) is 1.52. The molecule has 1 atom stereocenters. The molecule has 2 aromatic rings. The number of anilines is 1. The molecule has 0 bridgehead atoms. The molecular weight excluding hydrogens is 282 g/mol.